The van der Waals surface area contributed by atoms with E-state index in [2.05, 4.69) is 5.32 Å². The van der Waals surface area contributed by atoms with Crippen LogP contribution in [-0.4, -0.2) is 29.4 Å². The van der Waals surface area contributed by atoms with Gasteiger partial charge in [0.15, 0.2) is 0 Å². The highest BCUT2D eigenvalue weighted by molar-refractivity contribution is 6.03. The molecule has 1 saturated heterocycles. The molecule has 6 nitrogen and oxygen atoms in total. The molecule has 6 heteroatoms. The summed E-state index contributed by atoms with van der Waals surface area (Å²) >= 11 is 0. The first-order valence-corrected chi connectivity index (χ1v) is 8.41. The number of amides is 2. The van der Waals surface area contributed by atoms with E-state index < -0.39 is 11.9 Å². The van der Waals surface area contributed by atoms with Gasteiger partial charge in [0.25, 0.3) is 0 Å². The molecule has 0 radical (unpaired) electrons. The van der Waals surface area contributed by atoms with Gasteiger partial charge in [-0.25, -0.2) is 0 Å². The SMILES string of the molecule is Cc1ccc(N2CC(C(=O)Nc3ccc(CC(=O)O)cc3)CC2=O)cc1. The van der Waals surface area contributed by atoms with E-state index in [4.69, 9.17) is 5.11 Å². The average molecular weight is 352 g/mol. The predicted molar refractivity (Wildman–Crippen MR) is 98.1 cm³/mol. The zero-order chi connectivity index (χ0) is 18.7. The molecule has 26 heavy (non-hydrogen) atoms. The largest absolute Gasteiger partial charge is 0.481 e. The van der Waals surface area contributed by atoms with Gasteiger partial charge in [-0.15, -0.1) is 0 Å². The summed E-state index contributed by atoms with van der Waals surface area (Å²) in [4.78, 5) is 37.1. The van der Waals surface area contributed by atoms with Gasteiger partial charge in [0.2, 0.25) is 11.8 Å². The Morgan fingerprint density at radius 1 is 1.12 bits per heavy atom. The number of rotatable bonds is 5. The smallest absolute Gasteiger partial charge is 0.307 e. The molecule has 1 unspecified atom stereocenters. The number of nitrogens with one attached hydrogen (secondary N) is 1. The summed E-state index contributed by atoms with van der Waals surface area (Å²) in [7, 11) is 0. The van der Waals surface area contributed by atoms with Crippen LogP contribution in [0.2, 0.25) is 0 Å². The van der Waals surface area contributed by atoms with Crippen LogP contribution in [0.5, 0.6) is 0 Å². The van der Waals surface area contributed by atoms with E-state index in [9.17, 15) is 14.4 Å². The molecule has 2 aromatic carbocycles. The number of benzene rings is 2. The van der Waals surface area contributed by atoms with E-state index in [1.165, 1.54) is 0 Å². The number of aryl methyl sites for hydroxylation is 1. The number of carboxylic acid groups (broad SMARTS) is 1. The van der Waals surface area contributed by atoms with Gasteiger partial charge < -0.3 is 15.3 Å². The first-order chi connectivity index (χ1) is 12.4. The summed E-state index contributed by atoms with van der Waals surface area (Å²) in [5.41, 5.74) is 3.16. The van der Waals surface area contributed by atoms with Gasteiger partial charge in [-0.05, 0) is 36.8 Å². The fourth-order valence-electron chi connectivity index (χ4n) is 2.98. The Morgan fingerprint density at radius 3 is 2.38 bits per heavy atom. The summed E-state index contributed by atoms with van der Waals surface area (Å²) in [5, 5.41) is 11.6. The Kier molecular flexibility index (Phi) is 5.02. The molecular weight excluding hydrogens is 332 g/mol. The molecule has 2 amide bonds. The van der Waals surface area contributed by atoms with Crippen molar-refractivity contribution in [2.75, 3.05) is 16.8 Å². The predicted octanol–water partition coefficient (Wildman–Crippen LogP) is 2.61. The number of nitrogens with zero attached hydrogens (tertiary/aromatic N) is 1. The van der Waals surface area contributed by atoms with E-state index in [0.717, 1.165) is 11.3 Å². The molecule has 0 spiro atoms. The van der Waals surface area contributed by atoms with Gasteiger partial charge in [0, 0.05) is 24.3 Å². The van der Waals surface area contributed by atoms with Gasteiger partial charge in [0.1, 0.15) is 0 Å². The molecule has 1 aliphatic rings. The Morgan fingerprint density at radius 2 is 1.77 bits per heavy atom. The maximum Gasteiger partial charge on any atom is 0.307 e. The lowest BCUT2D eigenvalue weighted by Crippen LogP contribution is -2.28. The number of carboxylic acids is 1. The molecule has 1 heterocycles. The van der Waals surface area contributed by atoms with Crippen molar-refractivity contribution in [3.05, 3.63) is 59.7 Å². The van der Waals surface area contributed by atoms with Crippen molar-refractivity contribution in [3.8, 4) is 0 Å². The number of anilines is 2. The average Bonchev–Trinajstić information content (AvgIpc) is 2.99. The van der Waals surface area contributed by atoms with Crippen LogP contribution in [0.1, 0.15) is 17.5 Å². The second-order valence-electron chi connectivity index (χ2n) is 6.50. The molecular formula is C20H20N2O4. The molecule has 0 aliphatic carbocycles. The van der Waals surface area contributed by atoms with Gasteiger partial charge in [-0.2, -0.15) is 0 Å². The molecule has 1 atom stereocenters. The standard InChI is InChI=1S/C20H20N2O4/c1-13-2-8-17(9-3-13)22-12-15(11-18(22)23)20(26)21-16-6-4-14(5-7-16)10-19(24)25/h2-9,15H,10-12H2,1H3,(H,21,26)(H,24,25). The van der Waals surface area contributed by atoms with Crippen molar-refractivity contribution in [2.45, 2.75) is 19.8 Å². The maximum atomic E-state index is 12.5. The molecule has 1 aliphatic heterocycles. The Labute approximate surface area is 151 Å². The zero-order valence-corrected chi connectivity index (χ0v) is 14.4. The van der Waals surface area contributed by atoms with E-state index in [-0.39, 0.29) is 24.7 Å². The van der Waals surface area contributed by atoms with Crippen molar-refractivity contribution >= 4 is 29.2 Å². The van der Waals surface area contributed by atoms with Crippen LogP contribution in [0.25, 0.3) is 0 Å². The van der Waals surface area contributed by atoms with Crippen LogP contribution in [0.4, 0.5) is 11.4 Å². The van der Waals surface area contributed by atoms with E-state index >= 15 is 0 Å². The molecule has 1 fully saturated rings. The van der Waals surface area contributed by atoms with Crippen molar-refractivity contribution in [3.63, 3.8) is 0 Å². The first kappa shape index (κ1) is 17.7. The Hall–Kier alpha value is -3.15. The third-order valence-corrected chi connectivity index (χ3v) is 4.42. The highest BCUT2D eigenvalue weighted by Gasteiger charge is 2.35. The number of carbonyl (C=O) groups excluding carboxylic acids is 2. The summed E-state index contributed by atoms with van der Waals surface area (Å²) in [6, 6.07) is 14.3. The number of hydrogen-bond acceptors (Lipinski definition) is 3. The number of aliphatic carboxylic acids is 1. The van der Waals surface area contributed by atoms with E-state index in [1.807, 2.05) is 31.2 Å². The molecule has 2 N–H and O–H groups in total. The van der Waals surface area contributed by atoms with Crippen molar-refractivity contribution in [1.82, 2.24) is 0 Å². The second-order valence-corrected chi connectivity index (χ2v) is 6.50. The lowest BCUT2D eigenvalue weighted by Gasteiger charge is -2.17. The molecule has 0 aromatic heterocycles. The quantitative estimate of drug-likeness (QED) is 0.866. The molecule has 0 saturated carbocycles. The van der Waals surface area contributed by atoms with Crippen molar-refractivity contribution < 1.29 is 19.5 Å². The first-order valence-electron chi connectivity index (χ1n) is 8.41. The van der Waals surface area contributed by atoms with Crippen LogP contribution < -0.4 is 10.2 Å². The second kappa shape index (κ2) is 7.39. The molecule has 3 rings (SSSR count). The minimum Gasteiger partial charge on any atom is -0.481 e. The molecule has 2 aromatic rings. The third kappa shape index (κ3) is 4.08. The minimum atomic E-state index is -0.901. The van der Waals surface area contributed by atoms with Gasteiger partial charge in [0.05, 0.1) is 12.3 Å². The highest BCUT2D eigenvalue weighted by atomic mass is 16.4. The zero-order valence-electron chi connectivity index (χ0n) is 14.4. The normalized spacial score (nSPS) is 16.6. The van der Waals surface area contributed by atoms with Crippen LogP contribution >= 0.6 is 0 Å². The maximum absolute atomic E-state index is 12.5. The van der Waals surface area contributed by atoms with E-state index in [1.54, 1.807) is 29.2 Å². The fourth-order valence-corrected chi connectivity index (χ4v) is 2.98. The number of carbonyl (C=O) groups is 3. The topological polar surface area (TPSA) is 86.7 Å². The van der Waals surface area contributed by atoms with Gasteiger partial charge in [-0.3, -0.25) is 14.4 Å². The van der Waals surface area contributed by atoms with E-state index in [0.29, 0.717) is 17.8 Å². The Balaban J connectivity index is 1.62. The Bertz CT molecular complexity index is 828. The fraction of sp³-hybridized carbons (Fsp3) is 0.250. The summed E-state index contributed by atoms with van der Waals surface area (Å²) < 4.78 is 0. The van der Waals surface area contributed by atoms with Crippen molar-refractivity contribution in [1.29, 1.82) is 0 Å². The molecule has 0 bridgehead atoms. The highest BCUT2D eigenvalue weighted by Crippen LogP contribution is 2.26. The van der Waals surface area contributed by atoms with Gasteiger partial charge in [-0.1, -0.05) is 29.8 Å². The lowest BCUT2D eigenvalue weighted by molar-refractivity contribution is -0.136. The summed E-state index contributed by atoms with van der Waals surface area (Å²) in [6.07, 6.45) is 0.119. The monoisotopic (exact) mass is 352 g/mol. The molecule has 134 valence electrons. The van der Waals surface area contributed by atoms with Crippen LogP contribution in [0, 0.1) is 12.8 Å². The minimum absolute atomic E-state index is 0.0587. The van der Waals surface area contributed by atoms with Crippen LogP contribution in [-0.2, 0) is 20.8 Å². The number of hydrogen-bond donors (Lipinski definition) is 2. The van der Waals surface area contributed by atoms with Gasteiger partial charge >= 0.3 is 5.97 Å². The third-order valence-electron chi connectivity index (χ3n) is 4.42. The summed E-state index contributed by atoms with van der Waals surface area (Å²) in [6.45, 7) is 2.33. The lowest BCUT2D eigenvalue weighted by atomic mass is 10.1. The summed E-state index contributed by atoms with van der Waals surface area (Å²) in [5.74, 6) is -1.59. The van der Waals surface area contributed by atoms with Crippen molar-refractivity contribution in [2.24, 2.45) is 5.92 Å². The van der Waals surface area contributed by atoms with Crippen LogP contribution in [0.15, 0.2) is 48.5 Å². The van der Waals surface area contributed by atoms with Crippen LogP contribution in [0.3, 0.4) is 0 Å².